The molecule has 0 spiro atoms. The second-order valence-electron chi connectivity index (χ2n) is 9.29. The molecule has 2 aromatic rings. The van der Waals surface area contributed by atoms with Gasteiger partial charge in [-0.1, -0.05) is 18.8 Å². The van der Waals surface area contributed by atoms with Crippen LogP contribution in [0.1, 0.15) is 67.6 Å². The Morgan fingerprint density at radius 2 is 1.88 bits per heavy atom. The molecule has 0 saturated heterocycles. The minimum Gasteiger partial charge on any atom is -0.469 e. The van der Waals surface area contributed by atoms with E-state index in [1.54, 1.807) is 13.0 Å². The number of methoxy groups -OCH3 is 1. The first-order valence-corrected chi connectivity index (χ1v) is 11.3. The molecule has 0 amide bonds. The van der Waals surface area contributed by atoms with Crippen LogP contribution in [0.3, 0.4) is 0 Å². The minimum atomic E-state index is -4.67. The lowest BCUT2D eigenvalue weighted by molar-refractivity contribution is -0.164. The van der Waals surface area contributed by atoms with Gasteiger partial charge >= 0.3 is 18.1 Å². The minimum absolute atomic E-state index is 0.0371. The molecule has 0 aliphatic heterocycles. The van der Waals surface area contributed by atoms with Crippen molar-refractivity contribution in [3.8, 4) is 11.8 Å². The van der Waals surface area contributed by atoms with Gasteiger partial charge in [0.1, 0.15) is 5.69 Å². The Labute approximate surface area is 196 Å². The fourth-order valence-electron chi connectivity index (χ4n) is 5.45. The number of ether oxygens (including phenoxy) is 2. The fourth-order valence-corrected chi connectivity index (χ4v) is 5.45. The van der Waals surface area contributed by atoms with Gasteiger partial charge in [0.2, 0.25) is 0 Å². The lowest BCUT2D eigenvalue weighted by atomic mass is 9.50. The zero-order valence-corrected chi connectivity index (χ0v) is 19.3. The average molecular weight is 473 g/mol. The first kappa shape index (κ1) is 24.1. The van der Waals surface area contributed by atoms with Crippen molar-refractivity contribution in [2.45, 2.75) is 52.1 Å². The van der Waals surface area contributed by atoms with Crippen LogP contribution in [0.15, 0.2) is 24.3 Å². The van der Waals surface area contributed by atoms with E-state index in [2.05, 4.69) is 23.7 Å². The highest BCUT2D eigenvalue weighted by Gasteiger charge is 2.56. The van der Waals surface area contributed by atoms with Gasteiger partial charge in [0, 0.05) is 16.4 Å². The van der Waals surface area contributed by atoms with E-state index in [9.17, 15) is 22.8 Å². The first-order valence-electron chi connectivity index (χ1n) is 11.3. The van der Waals surface area contributed by atoms with Crippen molar-refractivity contribution in [3.63, 3.8) is 0 Å². The molecule has 1 aromatic heterocycles. The number of esters is 2. The molecule has 1 aromatic carbocycles. The molecule has 2 bridgehead atoms. The van der Waals surface area contributed by atoms with Gasteiger partial charge < -0.3 is 9.47 Å². The lowest BCUT2D eigenvalue weighted by Gasteiger charge is -2.53. The third kappa shape index (κ3) is 4.13. The van der Waals surface area contributed by atoms with Crippen LogP contribution in [0.2, 0.25) is 0 Å². The molecule has 8 heteroatoms. The zero-order chi connectivity index (χ0) is 24.7. The number of fused-ring (bicyclic) bond motifs is 4. The van der Waals surface area contributed by atoms with E-state index in [0.29, 0.717) is 24.8 Å². The van der Waals surface area contributed by atoms with E-state index in [0.717, 1.165) is 18.9 Å². The van der Waals surface area contributed by atoms with E-state index < -0.39 is 23.1 Å². The van der Waals surface area contributed by atoms with Gasteiger partial charge in [-0.15, -0.1) is 0 Å². The number of carbonyl (C=O) groups is 2. The second kappa shape index (κ2) is 8.61. The van der Waals surface area contributed by atoms with Crippen molar-refractivity contribution in [2.24, 2.45) is 16.7 Å². The molecule has 180 valence electrons. The van der Waals surface area contributed by atoms with Crippen molar-refractivity contribution in [2.75, 3.05) is 13.7 Å². The predicted molar refractivity (Wildman–Crippen MR) is 119 cm³/mol. The molecule has 5 rings (SSSR count). The van der Waals surface area contributed by atoms with Gasteiger partial charge in [-0.05, 0) is 69.2 Å². The summed E-state index contributed by atoms with van der Waals surface area (Å²) in [6, 6.07) is 5.16. The number of aromatic nitrogens is 1. The van der Waals surface area contributed by atoms with Crippen LogP contribution in [0, 0.1) is 28.6 Å². The summed E-state index contributed by atoms with van der Waals surface area (Å²) < 4.78 is 51.3. The van der Waals surface area contributed by atoms with Crippen LogP contribution < -0.4 is 0 Å². The maximum atomic E-state index is 13.8. The highest BCUT2D eigenvalue weighted by atomic mass is 19.4. The summed E-state index contributed by atoms with van der Waals surface area (Å²) in [6.45, 7) is 3.69. The summed E-state index contributed by atoms with van der Waals surface area (Å²) in [5, 5.41) is -0.116. The van der Waals surface area contributed by atoms with Crippen LogP contribution in [0.4, 0.5) is 13.2 Å². The maximum Gasteiger partial charge on any atom is 0.417 e. The Morgan fingerprint density at radius 3 is 2.47 bits per heavy atom. The summed E-state index contributed by atoms with van der Waals surface area (Å²) in [6.07, 6.45) is -1.06. The van der Waals surface area contributed by atoms with Crippen LogP contribution in [0.5, 0.6) is 0 Å². The van der Waals surface area contributed by atoms with E-state index >= 15 is 0 Å². The Hall–Kier alpha value is -3.08. The van der Waals surface area contributed by atoms with Crippen molar-refractivity contribution < 1.29 is 32.2 Å². The number of halogens is 3. The number of pyridine rings is 1. The quantitative estimate of drug-likeness (QED) is 0.433. The maximum absolute atomic E-state index is 13.8. The van der Waals surface area contributed by atoms with Gasteiger partial charge in [-0.25, -0.2) is 9.78 Å². The van der Waals surface area contributed by atoms with Gasteiger partial charge in [0.05, 0.1) is 30.2 Å². The zero-order valence-electron chi connectivity index (χ0n) is 19.3. The monoisotopic (exact) mass is 473 g/mol. The number of hydrogen-bond donors (Lipinski definition) is 0. The van der Waals surface area contributed by atoms with Crippen molar-refractivity contribution in [1.82, 2.24) is 4.98 Å². The van der Waals surface area contributed by atoms with Crippen LogP contribution in [-0.4, -0.2) is 30.6 Å². The van der Waals surface area contributed by atoms with Gasteiger partial charge in [0.25, 0.3) is 0 Å². The third-order valence-corrected chi connectivity index (χ3v) is 7.41. The molecule has 34 heavy (non-hydrogen) atoms. The van der Waals surface area contributed by atoms with Gasteiger partial charge in [0.15, 0.2) is 0 Å². The third-order valence-electron chi connectivity index (χ3n) is 7.41. The molecule has 1 heterocycles. The number of rotatable bonds is 3. The average Bonchev–Trinajstić information content (AvgIpc) is 2.81. The number of nitrogens with zero attached hydrogens (tertiary/aromatic N) is 1. The SMILES string of the molecule is CCOC(=O)c1cc(C(F)(F)F)c2cc(C#CC34CCC(C(=O)OC)(CC3)CC4C)ccc2n1. The molecule has 0 radical (unpaired) electrons. The molecule has 1 unspecified atom stereocenters. The van der Waals surface area contributed by atoms with E-state index in [1.807, 2.05) is 0 Å². The standard InChI is InChI=1S/C26H26F3NO4/c1-4-34-22(31)21-14-19(26(27,28)29)18-13-17(5-6-20(18)30-21)7-8-24-9-11-25(12-10-24,15-16(24)2)23(32)33-3/h5-6,13-14,16H,4,9-12,15H2,1-3H3. The topological polar surface area (TPSA) is 65.5 Å². The molecular weight excluding hydrogens is 447 g/mol. The molecule has 3 saturated carbocycles. The molecule has 3 fully saturated rings. The summed E-state index contributed by atoms with van der Waals surface area (Å²) >= 11 is 0. The lowest BCUT2D eigenvalue weighted by Crippen LogP contribution is -2.50. The number of benzene rings is 1. The molecule has 1 atom stereocenters. The molecule has 5 nitrogen and oxygen atoms in total. The summed E-state index contributed by atoms with van der Waals surface area (Å²) in [7, 11) is 1.41. The Bertz CT molecular complexity index is 1200. The smallest absolute Gasteiger partial charge is 0.417 e. The van der Waals surface area contributed by atoms with E-state index in [4.69, 9.17) is 9.47 Å². The van der Waals surface area contributed by atoms with Crippen LogP contribution in [-0.2, 0) is 20.4 Å². The molecular formula is C26H26F3NO4. The normalized spacial score (nSPS) is 26.0. The Morgan fingerprint density at radius 1 is 1.18 bits per heavy atom. The summed E-state index contributed by atoms with van der Waals surface area (Å²) in [5.74, 6) is 5.55. The predicted octanol–water partition coefficient (Wildman–Crippen LogP) is 5.54. The Balaban J connectivity index is 1.69. The number of carbonyl (C=O) groups excluding carboxylic acids is 2. The highest BCUT2D eigenvalue weighted by Crippen LogP contribution is 2.59. The largest absolute Gasteiger partial charge is 0.469 e. The fraction of sp³-hybridized carbons (Fsp3) is 0.500. The highest BCUT2D eigenvalue weighted by molar-refractivity contribution is 5.93. The number of alkyl halides is 3. The van der Waals surface area contributed by atoms with Crippen molar-refractivity contribution in [3.05, 3.63) is 41.1 Å². The number of hydrogen-bond acceptors (Lipinski definition) is 5. The summed E-state index contributed by atoms with van der Waals surface area (Å²) in [5.41, 5.74) is -1.55. The van der Waals surface area contributed by atoms with E-state index in [-0.39, 0.29) is 40.5 Å². The van der Waals surface area contributed by atoms with Gasteiger partial charge in [-0.2, -0.15) is 13.2 Å². The Kier molecular flexibility index (Phi) is 6.09. The molecule has 0 N–H and O–H groups in total. The van der Waals surface area contributed by atoms with Gasteiger partial charge in [-0.3, -0.25) is 4.79 Å². The molecule has 3 aliphatic rings. The van der Waals surface area contributed by atoms with Crippen molar-refractivity contribution >= 4 is 22.8 Å². The second-order valence-corrected chi connectivity index (χ2v) is 9.29. The van der Waals surface area contributed by atoms with Crippen LogP contribution in [0.25, 0.3) is 10.9 Å². The van der Waals surface area contributed by atoms with E-state index in [1.165, 1.54) is 19.2 Å². The first-order chi connectivity index (χ1) is 16.0. The van der Waals surface area contributed by atoms with Crippen molar-refractivity contribution in [1.29, 1.82) is 0 Å². The van der Waals surface area contributed by atoms with Crippen LogP contribution >= 0.6 is 0 Å². The molecule has 3 aliphatic carbocycles. The summed E-state index contributed by atoms with van der Waals surface area (Å²) in [4.78, 5) is 28.4.